The van der Waals surface area contributed by atoms with Crippen LogP contribution in [0, 0.1) is 12.7 Å². The molecule has 0 saturated carbocycles. The average Bonchev–Trinajstić information content (AvgIpc) is 2.09. The van der Waals surface area contributed by atoms with Crippen molar-refractivity contribution in [3.63, 3.8) is 0 Å². The van der Waals surface area contributed by atoms with E-state index in [1.54, 1.807) is 13.0 Å². The van der Waals surface area contributed by atoms with E-state index in [-0.39, 0.29) is 18.0 Å². The minimum absolute atomic E-state index is 0.270. The Labute approximate surface area is 70.6 Å². The number of aliphatic hydroxyl groups is 1. The molecule has 1 aromatic rings. The Balaban J connectivity index is 3.19. The number of ether oxygens (including phenoxy) is 1. The summed E-state index contributed by atoms with van der Waals surface area (Å²) in [5.74, 6) is 0.205. The van der Waals surface area contributed by atoms with Gasteiger partial charge in [0.1, 0.15) is 11.6 Å². The molecular weight excluding hydrogens is 159 g/mol. The van der Waals surface area contributed by atoms with Crippen LogP contribution in [0.15, 0.2) is 12.1 Å². The smallest absolute Gasteiger partial charge is 0.131 e. The van der Waals surface area contributed by atoms with E-state index in [0.29, 0.717) is 11.3 Å². The maximum atomic E-state index is 13.1. The summed E-state index contributed by atoms with van der Waals surface area (Å²) in [6.07, 6.45) is 0. The molecule has 0 radical (unpaired) electrons. The number of hydrogen-bond donors (Lipinski definition) is 1. The predicted molar refractivity (Wildman–Crippen MR) is 43.6 cm³/mol. The number of halogens is 1. The van der Waals surface area contributed by atoms with Crippen molar-refractivity contribution >= 4 is 0 Å². The predicted octanol–water partition coefficient (Wildman–Crippen LogP) is 1.64. The average molecular weight is 170 g/mol. The zero-order valence-electron chi connectivity index (χ0n) is 7.10. The second-order valence-electron chi connectivity index (χ2n) is 2.58. The molecular formula is C9H11FO2. The van der Waals surface area contributed by atoms with E-state index in [2.05, 4.69) is 0 Å². The number of rotatable bonds is 2. The number of hydrogen-bond acceptors (Lipinski definition) is 2. The Bertz CT molecular complexity index is 284. The SMILES string of the molecule is COc1cc(C)c(F)c(CO)c1. The molecule has 0 saturated heterocycles. The summed E-state index contributed by atoms with van der Waals surface area (Å²) in [6.45, 7) is 1.33. The van der Waals surface area contributed by atoms with Gasteiger partial charge in [0.05, 0.1) is 13.7 Å². The summed E-state index contributed by atoms with van der Waals surface area (Å²) in [5, 5.41) is 8.77. The third-order valence-corrected chi connectivity index (χ3v) is 1.71. The molecule has 0 aliphatic heterocycles. The van der Waals surface area contributed by atoms with Gasteiger partial charge < -0.3 is 9.84 Å². The van der Waals surface area contributed by atoms with Crippen LogP contribution in [-0.4, -0.2) is 12.2 Å². The van der Waals surface area contributed by atoms with Crippen LogP contribution in [0.3, 0.4) is 0 Å². The number of aryl methyl sites for hydroxylation is 1. The molecule has 0 aromatic heterocycles. The molecule has 0 unspecified atom stereocenters. The summed E-state index contributed by atoms with van der Waals surface area (Å²) in [4.78, 5) is 0. The Morgan fingerprint density at radius 3 is 2.67 bits per heavy atom. The standard InChI is InChI=1S/C9H11FO2/c1-6-3-8(12-2)4-7(5-11)9(6)10/h3-4,11H,5H2,1-2H3. The first-order valence-corrected chi connectivity index (χ1v) is 3.63. The van der Waals surface area contributed by atoms with E-state index in [4.69, 9.17) is 9.84 Å². The van der Waals surface area contributed by atoms with Gasteiger partial charge in [-0.05, 0) is 24.6 Å². The summed E-state index contributed by atoms with van der Waals surface area (Å²) in [6, 6.07) is 3.08. The molecule has 1 aromatic carbocycles. The lowest BCUT2D eigenvalue weighted by Gasteiger charge is -2.06. The molecule has 0 bridgehead atoms. The van der Waals surface area contributed by atoms with Crippen molar-refractivity contribution in [2.75, 3.05) is 7.11 Å². The summed E-state index contributed by atoms with van der Waals surface area (Å²) < 4.78 is 18.0. The molecule has 0 aliphatic rings. The van der Waals surface area contributed by atoms with Gasteiger partial charge in [0.15, 0.2) is 0 Å². The number of benzene rings is 1. The Morgan fingerprint density at radius 2 is 2.17 bits per heavy atom. The molecule has 12 heavy (non-hydrogen) atoms. The highest BCUT2D eigenvalue weighted by Gasteiger charge is 2.06. The normalized spacial score (nSPS) is 10.0. The molecule has 1 rings (SSSR count). The van der Waals surface area contributed by atoms with E-state index in [0.717, 1.165) is 0 Å². The summed E-state index contributed by atoms with van der Waals surface area (Å²) in [7, 11) is 1.51. The van der Waals surface area contributed by atoms with Crippen molar-refractivity contribution < 1.29 is 14.2 Å². The van der Waals surface area contributed by atoms with Crippen LogP contribution < -0.4 is 4.74 Å². The lowest BCUT2D eigenvalue weighted by molar-refractivity contribution is 0.274. The van der Waals surface area contributed by atoms with Gasteiger partial charge in [-0.1, -0.05) is 0 Å². The molecule has 0 aliphatic carbocycles. The second kappa shape index (κ2) is 3.54. The highest BCUT2D eigenvalue weighted by Crippen LogP contribution is 2.20. The maximum absolute atomic E-state index is 13.1. The third kappa shape index (κ3) is 1.56. The van der Waals surface area contributed by atoms with Crippen LogP contribution in [0.4, 0.5) is 4.39 Å². The van der Waals surface area contributed by atoms with Crippen LogP contribution in [0.5, 0.6) is 5.75 Å². The van der Waals surface area contributed by atoms with Crippen LogP contribution in [0.25, 0.3) is 0 Å². The Kier molecular flexibility index (Phi) is 2.65. The van der Waals surface area contributed by atoms with Crippen molar-refractivity contribution in [1.82, 2.24) is 0 Å². The van der Waals surface area contributed by atoms with Gasteiger partial charge in [0.25, 0.3) is 0 Å². The van der Waals surface area contributed by atoms with Crippen LogP contribution in [-0.2, 0) is 6.61 Å². The van der Waals surface area contributed by atoms with Crippen LogP contribution in [0.2, 0.25) is 0 Å². The van der Waals surface area contributed by atoms with Crippen molar-refractivity contribution in [2.24, 2.45) is 0 Å². The molecule has 0 atom stereocenters. The topological polar surface area (TPSA) is 29.5 Å². The molecule has 0 fully saturated rings. The first kappa shape index (κ1) is 9.00. The van der Waals surface area contributed by atoms with E-state index in [1.165, 1.54) is 13.2 Å². The highest BCUT2D eigenvalue weighted by molar-refractivity contribution is 5.34. The number of aliphatic hydroxyl groups excluding tert-OH is 1. The largest absolute Gasteiger partial charge is 0.497 e. The highest BCUT2D eigenvalue weighted by atomic mass is 19.1. The molecule has 66 valence electrons. The zero-order valence-corrected chi connectivity index (χ0v) is 7.10. The van der Waals surface area contributed by atoms with Crippen molar-refractivity contribution in [3.8, 4) is 5.75 Å². The molecule has 3 heteroatoms. The quantitative estimate of drug-likeness (QED) is 0.731. The summed E-state index contributed by atoms with van der Waals surface area (Å²) >= 11 is 0. The van der Waals surface area contributed by atoms with Crippen LogP contribution in [0.1, 0.15) is 11.1 Å². The van der Waals surface area contributed by atoms with E-state index in [1.807, 2.05) is 0 Å². The van der Waals surface area contributed by atoms with Gasteiger partial charge in [0.2, 0.25) is 0 Å². The van der Waals surface area contributed by atoms with Gasteiger partial charge in [-0.3, -0.25) is 0 Å². The molecule has 2 nitrogen and oxygen atoms in total. The summed E-state index contributed by atoms with van der Waals surface area (Å²) in [5.41, 5.74) is 0.755. The first-order valence-electron chi connectivity index (χ1n) is 3.63. The minimum atomic E-state index is -0.363. The van der Waals surface area contributed by atoms with Gasteiger partial charge in [0, 0.05) is 5.56 Å². The van der Waals surface area contributed by atoms with Crippen molar-refractivity contribution in [2.45, 2.75) is 13.5 Å². The fourth-order valence-electron chi connectivity index (χ4n) is 1.04. The van der Waals surface area contributed by atoms with Gasteiger partial charge >= 0.3 is 0 Å². The molecule has 0 heterocycles. The van der Waals surface area contributed by atoms with Crippen molar-refractivity contribution in [3.05, 3.63) is 29.1 Å². The van der Waals surface area contributed by atoms with Gasteiger partial charge in [-0.2, -0.15) is 0 Å². The molecule has 1 N–H and O–H groups in total. The second-order valence-corrected chi connectivity index (χ2v) is 2.58. The Hall–Kier alpha value is -1.09. The van der Waals surface area contributed by atoms with Crippen LogP contribution >= 0.6 is 0 Å². The zero-order chi connectivity index (χ0) is 9.14. The first-order chi connectivity index (χ1) is 5.69. The van der Waals surface area contributed by atoms with E-state index < -0.39 is 0 Å². The van der Waals surface area contributed by atoms with E-state index in [9.17, 15) is 4.39 Å². The van der Waals surface area contributed by atoms with Gasteiger partial charge in [-0.25, -0.2) is 4.39 Å². The lowest BCUT2D eigenvalue weighted by atomic mass is 10.1. The molecule has 0 spiro atoms. The van der Waals surface area contributed by atoms with Gasteiger partial charge in [-0.15, -0.1) is 0 Å². The Morgan fingerprint density at radius 1 is 1.50 bits per heavy atom. The lowest BCUT2D eigenvalue weighted by Crippen LogP contribution is -1.95. The third-order valence-electron chi connectivity index (χ3n) is 1.71. The molecule has 0 amide bonds. The fraction of sp³-hybridized carbons (Fsp3) is 0.333. The monoisotopic (exact) mass is 170 g/mol. The number of methoxy groups -OCH3 is 1. The maximum Gasteiger partial charge on any atom is 0.131 e. The van der Waals surface area contributed by atoms with Crippen molar-refractivity contribution in [1.29, 1.82) is 0 Å². The van der Waals surface area contributed by atoms with E-state index >= 15 is 0 Å². The minimum Gasteiger partial charge on any atom is -0.497 e. The fourth-order valence-corrected chi connectivity index (χ4v) is 1.04.